The van der Waals surface area contributed by atoms with E-state index in [1.165, 1.54) is 6.42 Å². The number of likely N-dealkylation sites (tertiary alicyclic amines) is 1. The van der Waals surface area contributed by atoms with Gasteiger partial charge in [0, 0.05) is 19.2 Å². The minimum Gasteiger partial charge on any atom is -0.487 e. The molecule has 5 heteroatoms. The maximum Gasteiger partial charge on any atom is 0.409 e. The zero-order valence-electron chi connectivity index (χ0n) is 15.6. The van der Waals surface area contributed by atoms with Gasteiger partial charge >= 0.3 is 6.09 Å². The van der Waals surface area contributed by atoms with Gasteiger partial charge in [-0.25, -0.2) is 4.79 Å². The molecule has 138 valence electrons. The van der Waals surface area contributed by atoms with Crippen LogP contribution < -0.4 is 4.74 Å². The fourth-order valence-corrected chi connectivity index (χ4v) is 2.66. The Morgan fingerprint density at radius 2 is 2.28 bits per heavy atom. The summed E-state index contributed by atoms with van der Waals surface area (Å²) in [4.78, 5) is 17.9. The van der Waals surface area contributed by atoms with Gasteiger partial charge in [0.05, 0.1) is 19.3 Å². The molecule has 0 radical (unpaired) electrons. The van der Waals surface area contributed by atoms with E-state index in [4.69, 9.17) is 9.47 Å². The number of hydrogen-bond acceptors (Lipinski definition) is 4. The lowest BCUT2D eigenvalue weighted by Crippen LogP contribution is -2.31. The first-order valence-corrected chi connectivity index (χ1v) is 9.32. The molecule has 0 N–H and O–H groups in total. The topological polar surface area (TPSA) is 51.7 Å². The van der Waals surface area contributed by atoms with Crippen molar-refractivity contribution < 1.29 is 14.3 Å². The second-order valence-corrected chi connectivity index (χ2v) is 6.69. The van der Waals surface area contributed by atoms with Gasteiger partial charge in [-0.05, 0) is 30.4 Å². The smallest absolute Gasteiger partial charge is 0.409 e. The molecule has 0 saturated carbocycles. The number of nitrogens with zero attached hydrogens (tertiary/aromatic N) is 2. The number of carbonyl (C=O) groups excluding carboxylic acids is 1. The van der Waals surface area contributed by atoms with E-state index in [0.717, 1.165) is 30.6 Å². The number of carbonyl (C=O) groups is 1. The van der Waals surface area contributed by atoms with E-state index in [1.54, 1.807) is 11.1 Å². The van der Waals surface area contributed by atoms with Crippen molar-refractivity contribution in [2.75, 3.05) is 19.7 Å². The average molecular weight is 346 g/mol. The van der Waals surface area contributed by atoms with Gasteiger partial charge < -0.3 is 14.4 Å². The number of hydrogen-bond donors (Lipinski definition) is 0. The molecule has 2 atom stereocenters. The highest BCUT2D eigenvalue weighted by Gasteiger charge is 2.28. The summed E-state index contributed by atoms with van der Waals surface area (Å²) in [7, 11) is 0. The molecule has 2 rings (SSSR count). The first kappa shape index (κ1) is 19.3. The predicted molar refractivity (Wildman–Crippen MR) is 99.6 cm³/mol. The molecule has 0 unspecified atom stereocenters. The van der Waals surface area contributed by atoms with Crippen LogP contribution in [0.2, 0.25) is 0 Å². The fraction of sp³-hybridized carbons (Fsp3) is 0.600. The highest BCUT2D eigenvalue weighted by Crippen LogP contribution is 2.20. The molecule has 1 aliphatic rings. The molecule has 1 amide bonds. The van der Waals surface area contributed by atoms with E-state index in [0.29, 0.717) is 25.6 Å². The number of pyridine rings is 1. The van der Waals surface area contributed by atoms with E-state index >= 15 is 0 Å². The molecule has 2 heterocycles. The van der Waals surface area contributed by atoms with Gasteiger partial charge in [0.2, 0.25) is 0 Å². The van der Waals surface area contributed by atoms with Gasteiger partial charge in [-0.15, -0.1) is 0 Å². The summed E-state index contributed by atoms with van der Waals surface area (Å²) in [5.41, 5.74) is 1.04. The Labute approximate surface area is 151 Å². The molecule has 0 spiro atoms. The van der Waals surface area contributed by atoms with Crippen LogP contribution in [0, 0.1) is 5.92 Å². The first-order valence-electron chi connectivity index (χ1n) is 9.32. The Kier molecular flexibility index (Phi) is 7.76. The van der Waals surface area contributed by atoms with Crippen molar-refractivity contribution in [3.8, 4) is 5.75 Å². The van der Waals surface area contributed by atoms with E-state index in [9.17, 15) is 4.79 Å². The average Bonchev–Trinajstić information content (AvgIpc) is 3.08. The van der Waals surface area contributed by atoms with Crippen LogP contribution in [0.15, 0.2) is 24.5 Å². The predicted octanol–water partition coefficient (Wildman–Crippen LogP) is 4.53. The zero-order chi connectivity index (χ0) is 18.1. The van der Waals surface area contributed by atoms with E-state index in [2.05, 4.69) is 31.0 Å². The number of ether oxygens (including phenoxy) is 2. The van der Waals surface area contributed by atoms with Crippen molar-refractivity contribution in [2.45, 2.75) is 52.6 Å². The van der Waals surface area contributed by atoms with Crippen molar-refractivity contribution in [1.29, 1.82) is 0 Å². The summed E-state index contributed by atoms with van der Waals surface area (Å²) in [5, 5.41) is 0. The summed E-state index contributed by atoms with van der Waals surface area (Å²) in [6, 6.07) is 2.00. The fourth-order valence-electron chi connectivity index (χ4n) is 2.66. The van der Waals surface area contributed by atoms with Crippen LogP contribution in [0.3, 0.4) is 0 Å². The molecular weight excluding hydrogens is 316 g/mol. The third-order valence-corrected chi connectivity index (χ3v) is 4.42. The van der Waals surface area contributed by atoms with Crippen LogP contribution in [0.4, 0.5) is 4.79 Å². The van der Waals surface area contributed by atoms with Crippen LogP contribution in [-0.2, 0) is 4.74 Å². The molecular formula is C20H30N2O3. The maximum atomic E-state index is 11.9. The molecule has 0 aromatic carbocycles. The molecule has 5 nitrogen and oxygen atoms in total. The van der Waals surface area contributed by atoms with Gasteiger partial charge in [-0.1, -0.05) is 39.3 Å². The maximum absolute atomic E-state index is 11.9. The minimum absolute atomic E-state index is 0.00433. The Balaban J connectivity index is 1.85. The Morgan fingerprint density at radius 1 is 1.44 bits per heavy atom. The Bertz CT molecular complexity index is 574. The quantitative estimate of drug-likeness (QED) is 0.694. The standard InChI is InChI=1S/C20H30N2O3/c1-4-11-24-20(23)22-10-9-18(15-22)25-19-12-17(13-21-14-19)8-6-7-16(3)5-2/h6,8,12-14,16,18H,4-5,7,9-11,15H2,1-3H3/b8-6+/t16-,18-/m1/s1. The van der Waals surface area contributed by atoms with Crippen molar-refractivity contribution in [3.63, 3.8) is 0 Å². The summed E-state index contributed by atoms with van der Waals surface area (Å²) >= 11 is 0. The second kappa shape index (κ2) is 10.1. The summed E-state index contributed by atoms with van der Waals surface area (Å²) in [6.07, 6.45) is 11.5. The molecule has 1 aromatic heterocycles. The van der Waals surface area contributed by atoms with Crippen molar-refractivity contribution in [1.82, 2.24) is 9.88 Å². The highest BCUT2D eigenvalue weighted by molar-refractivity contribution is 5.68. The van der Waals surface area contributed by atoms with E-state index in [-0.39, 0.29) is 12.2 Å². The van der Waals surface area contributed by atoms with Gasteiger partial charge in [0.25, 0.3) is 0 Å². The summed E-state index contributed by atoms with van der Waals surface area (Å²) in [5.74, 6) is 1.44. The monoisotopic (exact) mass is 346 g/mol. The van der Waals surface area contributed by atoms with Crippen LogP contribution in [-0.4, -0.2) is 41.8 Å². The minimum atomic E-state index is -0.243. The van der Waals surface area contributed by atoms with E-state index in [1.807, 2.05) is 19.2 Å². The first-order chi connectivity index (χ1) is 12.1. The lowest BCUT2D eigenvalue weighted by molar-refractivity contribution is 0.105. The number of aromatic nitrogens is 1. The van der Waals surface area contributed by atoms with Gasteiger partial charge in [-0.2, -0.15) is 0 Å². The molecule has 25 heavy (non-hydrogen) atoms. The van der Waals surface area contributed by atoms with Crippen LogP contribution in [0.1, 0.15) is 52.0 Å². The molecule has 0 bridgehead atoms. The molecule has 1 saturated heterocycles. The van der Waals surface area contributed by atoms with Crippen LogP contribution in [0.25, 0.3) is 6.08 Å². The third kappa shape index (κ3) is 6.40. The number of amides is 1. The highest BCUT2D eigenvalue weighted by atomic mass is 16.6. The SMILES string of the molecule is CCCOC(=O)N1CC[C@@H](Oc2cncc(/C=C/C[C@H](C)CC)c2)C1. The Hall–Kier alpha value is -2.04. The van der Waals surface area contributed by atoms with Crippen LogP contribution >= 0.6 is 0 Å². The van der Waals surface area contributed by atoms with E-state index < -0.39 is 0 Å². The van der Waals surface area contributed by atoms with Gasteiger partial charge in [0.15, 0.2) is 0 Å². The third-order valence-electron chi connectivity index (χ3n) is 4.42. The molecule has 0 aliphatic carbocycles. The number of allylic oxidation sites excluding steroid dienone is 1. The normalized spacial score (nSPS) is 18.5. The van der Waals surface area contributed by atoms with Crippen molar-refractivity contribution >= 4 is 12.2 Å². The van der Waals surface area contributed by atoms with Gasteiger partial charge in [0.1, 0.15) is 11.9 Å². The second-order valence-electron chi connectivity index (χ2n) is 6.69. The van der Waals surface area contributed by atoms with Crippen molar-refractivity contribution in [2.24, 2.45) is 5.92 Å². The zero-order valence-corrected chi connectivity index (χ0v) is 15.6. The number of rotatable bonds is 8. The van der Waals surface area contributed by atoms with Crippen LogP contribution in [0.5, 0.6) is 5.75 Å². The lowest BCUT2D eigenvalue weighted by atomic mass is 10.0. The lowest BCUT2D eigenvalue weighted by Gasteiger charge is -2.17. The molecule has 1 aromatic rings. The Morgan fingerprint density at radius 3 is 3.04 bits per heavy atom. The summed E-state index contributed by atoms with van der Waals surface area (Å²) < 4.78 is 11.2. The largest absolute Gasteiger partial charge is 0.487 e. The van der Waals surface area contributed by atoms with Crippen molar-refractivity contribution in [3.05, 3.63) is 30.1 Å². The summed E-state index contributed by atoms with van der Waals surface area (Å²) in [6.45, 7) is 8.15. The molecule has 1 aliphatic heterocycles. The van der Waals surface area contributed by atoms with Gasteiger partial charge in [-0.3, -0.25) is 4.98 Å². The molecule has 1 fully saturated rings.